The molecule has 1 atom stereocenters. The summed E-state index contributed by atoms with van der Waals surface area (Å²) in [6.07, 6.45) is -0.515. The van der Waals surface area contributed by atoms with Gasteiger partial charge in [0, 0.05) is 36.9 Å². The molecule has 1 heterocycles. The number of anilines is 2. The summed E-state index contributed by atoms with van der Waals surface area (Å²) in [5.41, 5.74) is 2.15. The van der Waals surface area contributed by atoms with Crippen molar-refractivity contribution in [2.24, 2.45) is 0 Å². The summed E-state index contributed by atoms with van der Waals surface area (Å²) >= 11 is 1.66. The molecular weight excluding hydrogens is 284 g/mol. The maximum absolute atomic E-state index is 9.89. The van der Waals surface area contributed by atoms with Gasteiger partial charge in [0.05, 0.1) is 19.3 Å². The molecular formula is C16H22N2O2S. The molecule has 0 radical (unpaired) electrons. The summed E-state index contributed by atoms with van der Waals surface area (Å²) in [7, 11) is 4.02. The topological polar surface area (TPSA) is 44.7 Å². The van der Waals surface area contributed by atoms with Crippen molar-refractivity contribution in [2.45, 2.75) is 12.7 Å². The van der Waals surface area contributed by atoms with Crippen molar-refractivity contribution in [2.75, 3.05) is 37.5 Å². The van der Waals surface area contributed by atoms with Crippen LogP contribution in [0.2, 0.25) is 0 Å². The molecule has 1 unspecified atom stereocenters. The number of aliphatic hydroxyl groups is 1. The second-order valence-electron chi connectivity index (χ2n) is 5.07. The molecule has 1 aromatic heterocycles. The molecule has 2 aromatic rings. The Bertz CT molecular complexity index is 512. The number of nitrogens with zero attached hydrogens (tertiary/aromatic N) is 1. The second-order valence-corrected chi connectivity index (χ2v) is 6.10. The maximum Gasteiger partial charge on any atom is 0.0945 e. The molecule has 1 aromatic carbocycles. The Labute approximate surface area is 130 Å². The van der Waals surface area contributed by atoms with E-state index in [0.717, 1.165) is 11.4 Å². The molecule has 0 fully saturated rings. The fourth-order valence-corrected chi connectivity index (χ4v) is 2.50. The van der Waals surface area contributed by atoms with Crippen molar-refractivity contribution < 1.29 is 9.84 Å². The minimum absolute atomic E-state index is 0.334. The molecule has 0 aliphatic heterocycles. The summed E-state index contributed by atoms with van der Waals surface area (Å²) in [5, 5.41) is 15.1. The fraction of sp³-hybridized carbons (Fsp3) is 0.375. The molecule has 2 N–H and O–H groups in total. The molecule has 0 amide bonds. The standard InChI is InChI=1S/C16H22N2O2S/c1-18(2)14-7-5-13(6-8-14)17-10-15(19)11-20-12-16-4-3-9-21-16/h3-9,15,17,19H,10-12H2,1-2H3. The van der Waals surface area contributed by atoms with Crippen LogP contribution in [0.5, 0.6) is 0 Å². The summed E-state index contributed by atoms with van der Waals surface area (Å²) in [5.74, 6) is 0. The minimum Gasteiger partial charge on any atom is -0.389 e. The van der Waals surface area contributed by atoms with E-state index in [1.54, 1.807) is 11.3 Å². The first-order valence-corrected chi connectivity index (χ1v) is 7.82. The Balaban J connectivity index is 1.67. The highest BCUT2D eigenvalue weighted by Crippen LogP contribution is 2.15. The molecule has 0 aliphatic carbocycles. The Kier molecular flexibility index (Phi) is 6.04. The van der Waals surface area contributed by atoms with E-state index in [2.05, 4.69) is 10.2 Å². The SMILES string of the molecule is CN(C)c1ccc(NCC(O)COCc2cccs2)cc1. The number of thiophene rings is 1. The number of nitrogens with one attached hydrogen (secondary N) is 1. The van der Waals surface area contributed by atoms with Gasteiger partial charge in [0.1, 0.15) is 0 Å². The summed E-state index contributed by atoms with van der Waals surface area (Å²) in [6, 6.07) is 12.1. The van der Waals surface area contributed by atoms with Gasteiger partial charge in [-0.15, -0.1) is 11.3 Å². The predicted octanol–water partition coefficient (Wildman–Crippen LogP) is 2.80. The molecule has 0 spiro atoms. The zero-order valence-electron chi connectivity index (χ0n) is 12.5. The first-order chi connectivity index (χ1) is 10.1. The first kappa shape index (κ1) is 15.8. The third-order valence-corrected chi connectivity index (χ3v) is 3.91. The van der Waals surface area contributed by atoms with Gasteiger partial charge in [-0.2, -0.15) is 0 Å². The highest BCUT2D eigenvalue weighted by Gasteiger charge is 2.05. The van der Waals surface area contributed by atoms with Crippen molar-refractivity contribution in [1.82, 2.24) is 0 Å². The van der Waals surface area contributed by atoms with Crippen LogP contribution in [-0.2, 0) is 11.3 Å². The van der Waals surface area contributed by atoms with Gasteiger partial charge in [-0.05, 0) is 35.7 Å². The van der Waals surface area contributed by atoms with Crippen LogP contribution in [0.1, 0.15) is 4.88 Å². The quantitative estimate of drug-likeness (QED) is 0.787. The molecule has 2 rings (SSSR count). The van der Waals surface area contributed by atoms with Crippen LogP contribution in [0.3, 0.4) is 0 Å². The molecule has 0 saturated heterocycles. The highest BCUT2D eigenvalue weighted by atomic mass is 32.1. The lowest BCUT2D eigenvalue weighted by molar-refractivity contribution is 0.0359. The molecule has 0 saturated carbocycles. The van der Waals surface area contributed by atoms with Crippen LogP contribution in [0.4, 0.5) is 11.4 Å². The molecule has 0 aliphatic rings. The maximum atomic E-state index is 9.89. The van der Waals surface area contributed by atoms with Crippen LogP contribution in [0.25, 0.3) is 0 Å². The molecule has 21 heavy (non-hydrogen) atoms. The number of benzene rings is 1. The Morgan fingerprint density at radius 1 is 1.24 bits per heavy atom. The van der Waals surface area contributed by atoms with E-state index >= 15 is 0 Å². The normalized spacial score (nSPS) is 12.1. The summed E-state index contributed by atoms with van der Waals surface area (Å²) in [6.45, 7) is 1.37. The smallest absolute Gasteiger partial charge is 0.0945 e. The van der Waals surface area contributed by atoms with Gasteiger partial charge in [-0.25, -0.2) is 0 Å². The fourth-order valence-electron chi connectivity index (χ4n) is 1.86. The van der Waals surface area contributed by atoms with Gasteiger partial charge in [-0.3, -0.25) is 0 Å². The van der Waals surface area contributed by atoms with E-state index in [1.165, 1.54) is 4.88 Å². The lowest BCUT2D eigenvalue weighted by Gasteiger charge is -2.15. The summed E-state index contributed by atoms with van der Waals surface area (Å²) < 4.78 is 5.49. The lowest BCUT2D eigenvalue weighted by atomic mass is 10.2. The largest absolute Gasteiger partial charge is 0.389 e. The van der Waals surface area contributed by atoms with Gasteiger partial charge in [0.15, 0.2) is 0 Å². The van der Waals surface area contributed by atoms with Crippen LogP contribution < -0.4 is 10.2 Å². The number of rotatable bonds is 8. The van der Waals surface area contributed by atoms with E-state index < -0.39 is 6.10 Å². The van der Waals surface area contributed by atoms with Crippen molar-refractivity contribution >= 4 is 22.7 Å². The predicted molar refractivity (Wildman–Crippen MR) is 89.2 cm³/mol. The van der Waals surface area contributed by atoms with E-state index in [1.807, 2.05) is 55.9 Å². The zero-order chi connectivity index (χ0) is 15.1. The average molecular weight is 306 g/mol. The van der Waals surface area contributed by atoms with Gasteiger partial charge in [0.2, 0.25) is 0 Å². The van der Waals surface area contributed by atoms with Gasteiger partial charge in [0.25, 0.3) is 0 Å². The molecule has 5 heteroatoms. The van der Waals surface area contributed by atoms with Gasteiger partial charge >= 0.3 is 0 Å². The third-order valence-electron chi connectivity index (χ3n) is 3.06. The zero-order valence-corrected chi connectivity index (χ0v) is 13.3. The van der Waals surface area contributed by atoms with Gasteiger partial charge in [-0.1, -0.05) is 6.07 Å². The Hall–Kier alpha value is -1.56. The Morgan fingerprint density at radius 2 is 2.00 bits per heavy atom. The van der Waals surface area contributed by atoms with E-state index in [4.69, 9.17) is 4.74 Å². The molecule has 114 valence electrons. The minimum atomic E-state index is -0.515. The van der Waals surface area contributed by atoms with Crippen molar-refractivity contribution in [3.8, 4) is 0 Å². The number of aliphatic hydroxyl groups excluding tert-OH is 1. The van der Waals surface area contributed by atoms with Crippen molar-refractivity contribution in [1.29, 1.82) is 0 Å². The van der Waals surface area contributed by atoms with E-state index in [0.29, 0.717) is 19.8 Å². The van der Waals surface area contributed by atoms with E-state index in [-0.39, 0.29) is 0 Å². The van der Waals surface area contributed by atoms with E-state index in [9.17, 15) is 5.11 Å². The summed E-state index contributed by atoms with van der Waals surface area (Å²) in [4.78, 5) is 3.23. The van der Waals surface area contributed by atoms with Gasteiger partial charge < -0.3 is 20.1 Å². The number of hydrogen-bond acceptors (Lipinski definition) is 5. The van der Waals surface area contributed by atoms with Crippen LogP contribution in [0, 0.1) is 0 Å². The number of hydrogen-bond donors (Lipinski definition) is 2. The second kappa shape index (κ2) is 8.02. The highest BCUT2D eigenvalue weighted by molar-refractivity contribution is 7.09. The van der Waals surface area contributed by atoms with Crippen LogP contribution in [-0.4, -0.2) is 38.5 Å². The third kappa shape index (κ3) is 5.38. The van der Waals surface area contributed by atoms with Crippen molar-refractivity contribution in [3.05, 3.63) is 46.7 Å². The Morgan fingerprint density at radius 3 is 2.62 bits per heavy atom. The average Bonchev–Trinajstić information content (AvgIpc) is 2.99. The van der Waals surface area contributed by atoms with Crippen LogP contribution >= 0.6 is 11.3 Å². The van der Waals surface area contributed by atoms with Crippen molar-refractivity contribution in [3.63, 3.8) is 0 Å². The first-order valence-electron chi connectivity index (χ1n) is 6.94. The van der Waals surface area contributed by atoms with Crippen LogP contribution in [0.15, 0.2) is 41.8 Å². The number of ether oxygens (including phenoxy) is 1. The molecule has 4 nitrogen and oxygen atoms in total. The monoisotopic (exact) mass is 306 g/mol. The lowest BCUT2D eigenvalue weighted by Crippen LogP contribution is -2.24. The molecule has 0 bridgehead atoms.